The van der Waals surface area contributed by atoms with Gasteiger partial charge in [-0.1, -0.05) is 30.7 Å². The van der Waals surface area contributed by atoms with Gasteiger partial charge >= 0.3 is 6.18 Å². The summed E-state index contributed by atoms with van der Waals surface area (Å²) in [5.74, 6) is 0. The summed E-state index contributed by atoms with van der Waals surface area (Å²) in [6.45, 7) is 5.35. The number of halogens is 3. The number of hydrogen-bond acceptors (Lipinski definition) is 3. The molecule has 0 fully saturated rings. The SMILES string of the molecule is CCNCc1ccc(C)cc1-c1cnc(C(F)(F)F)s1. The monoisotopic (exact) mass is 300 g/mol. The minimum Gasteiger partial charge on any atom is -0.313 e. The van der Waals surface area contributed by atoms with Crippen molar-refractivity contribution < 1.29 is 13.2 Å². The molecule has 1 N–H and O–H groups in total. The molecule has 2 aromatic rings. The summed E-state index contributed by atoms with van der Waals surface area (Å²) in [5.41, 5.74) is 2.82. The van der Waals surface area contributed by atoms with E-state index in [1.54, 1.807) is 0 Å². The molecule has 0 amide bonds. The Hall–Kier alpha value is -1.40. The predicted molar refractivity (Wildman–Crippen MR) is 74.7 cm³/mol. The lowest BCUT2D eigenvalue weighted by molar-refractivity contribution is -0.137. The van der Waals surface area contributed by atoms with Gasteiger partial charge in [-0.25, -0.2) is 4.98 Å². The van der Waals surface area contributed by atoms with Gasteiger partial charge in [0.2, 0.25) is 0 Å². The number of hydrogen-bond donors (Lipinski definition) is 1. The van der Waals surface area contributed by atoms with Gasteiger partial charge in [0.25, 0.3) is 0 Å². The second-order valence-corrected chi connectivity index (χ2v) is 5.50. The van der Waals surface area contributed by atoms with Crippen LogP contribution in [-0.2, 0) is 12.7 Å². The molecule has 0 saturated carbocycles. The first-order chi connectivity index (χ1) is 9.41. The molecule has 0 radical (unpaired) electrons. The molecule has 0 aliphatic carbocycles. The van der Waals surface area contributed by atoms with E-state index in [9.17, 15) is 13.2 Å². The fourth-order valence-corrected chi connectivity index (χ4v) is 2.70. The molecular formula is C14H15F3N2S. The minimum atomic E-state index is -4.38. The lowest BCUT2D eigenvalue weighted by Gasteiger charge is -2.09. The van der Waals surface area contributed by atoms with Gasteiger partial charge in [-0.15, -0.1) is 11.3 Å². The van der Waals surface area contributed by atoms with Crippen LogP contribution in [0.1, 0.15) is 23.1 Å². The first-order valence-corrected chi connectivity index (χ1v) is 7.07. The molecule has 0 spiro atoms. The van der Waals surface area contributed by atoms with E-state index in [-0.39, 0.29) is 0 Å². The Balaban J connectivity index is 2.40. The summed E-state index contributed by atoms with van der Waals surface area (Å²) in [5, 5.41) is 2.39. The summed E-state index contributed by atoms with van der Waals surface area (Å²) in [6, 6.07) is 5.81. The van der Waals surface area contributed by atoms with Crippen molar-refractivity contribution >= 4 is 11.3 Å². The second kappa shape index (κ2) is 5.93. The maximum Gasteiger partial charge on any atom is 0.443 e. The lowest BCUT2D eigenvalue weighted by atomic mass is 10.0. The highest BCUT2D eigenvalue weighted by molar-refractivity contribution is 7.15. The van der Waals surface area contributed by atoms with Crippen LogP contribution < -0.4 is 5.32 Å². The molecule has 0 bridgehead atoms. The second-order valence-electron chi connectivity index (χ2n) is 4.47. The Morgan fingerprint density at radius 2 is 2.05 bits per heavy atom. The Labute approximate surface area is 119 Å². The average Bonchev–Trinajstić information content (AvgIpc) is 2.86. The Kier molecular flexibility index (Phi) is 4.45. The fraction of sp³-hybridized carbons (Fsp3) is 0.357. The van der Waals surface area contributed by atoms with Crippen LogP contribution in [0.3, 0.4) is 0 Å². The molecule has 2 rings (SSSR count). The lowest BCUT2D eigenvalue weighted by Crippen LogP contribution is -2.12. The molecule has 1 heterocycles. The van der Waals surface area contributed by atoms with Crippen LogP contribution in [0.2, 0.25) is 0 Å². The van der Waals surface area contributed by atoms with Gasteiger partial charge in [-0.05, 0) is 24.6 Å². The van der Waals surface area contributed by atoms with Gasteiger partial charge in [-0.3, -0.25) is 0 Å². The first kappa shape index (κ1) is 15.0. The van der Waals surface area contributed by atoms with Crippen LogP contribution in [0.25, 0.3) is 10.4 Å². The van der Waals surface area contributed by atoms with E-state index < -0.39 is 11.2 Å². The maximum absolute atomic E-state index is 12.6. The zero-order valence-corrected chi connectivity index (χ0v) is 12.0. The van der Waals surface area contributed by atoms with Crippen molar-refractivity contribution in [3.8, 4) is 10.4 Å². The van der Waals surface area contributed by atoms with E-state index in [2.05, 4.69) is 10.3 Å². The molecule has 6 heteroatoms. The van der Waals surface area contributed by atoms with E-state index >= 15 is 0 Å². The van der Waals surface area contributed by atoms with E-state index in [0.717, 1.165) is 23.2 Å². The first-order valence-electron chi connectivity index (χ1n) is 6.25. The average molecular weight is 300 g/mol. The number of alkyl halides is 3. The number of rotatable bonds is 4. The van der Waals surface area contributed by atoms with Gasteiger partial charge in [0.1, 0.15) is 0 Å². The standard InChI is InChI=1S/C14H15F3N2S/c1-3-18-7-10-5-4-9(2)6-11(10)12-8-19-13(20-12)14(15,16)17/h4-6,8,18H,3,7H2,1-2H3. The molecule has 1 aromatic carbocycles. The van der Waals surface area contributed by atoms with Crippen LogP contribution >= 0.6 is 11.3 Å². The van der Waals surface area contributed by atoms with Crippen molar-refractivity contribution in [2.45, 2.75) is 26.6 Å². The Bertz CT molecular complexity index is 590. The van der Waals surface area contributed by atoms with Crippen LogP contribution in [0.5, 0.6) is 0 Å². The van der Waals surface area contributed by atoms with Crippen molar-refractivity contribution in [1.29, 1.82) is 0 Å². The van der Waals surface area contributed by atoms with Crippen molar-refractivity contribution in [1.82, 2.24) is 10.3 Å². The topological polar surface area (TPSA) is 24.9 Å². The van der Waals surface area contributed by atoms with Gasteiger partial charge < -0.3 is 5.32 Å². The van der Waals surface area contributed by atoms with Crippen LogP contribution in [0, 0.1) is 6.92 Å². The Morgan fingerprint density at radius 1 is 1.30 bits per heavy atom. The predicted octanol–water partition coefficient (Wildman–Crippen LogP) is 4.25. The van der Waals surface area contributed by atoms with Crippen molar-refractivity contribution in [3.63, 3.8) is 0 Å². The summed E-state index contributed by atoms with van der Waals surface area (Å²) < 4.78 is 37.9. The largest absolute Gasteiger partial charge is 0.443 e. The summed E-state index contributed by atoms with van der Waals surface area (Å²) in [6.07, 6.45) is -3.08. The molecule has 0 aliphatic heterocycles. The maximum atomic E-state index is 12.6. The highest BCUT2D eigenvalue weighted by Gasteiger charge is 2.34. The molecule has 0 saturated heterocycles. The van der Waals surface area contributed by atoms with Crippen molar-refractivity contribution in [2.75, 3.05) is 6.54 Å². The number of nitrogens with one attached hydrogen (secondary N) is 1. The molecule has 0 aliphatic rings. The zero-order valence-electron chi connectivity index (χ0n) is 11.2. The van der Waals surface area contributed by atoms with Crippen molar-refractivity contribution in [3.05, 3.63) is 40.5 Å². The van der Waals surface area contributed by atoms with E-state index in [0.29, 0.717) is 22.8 Å². The smallest absolute Gasteiger partial charge is 0.313 e. The van der Waals surface area contributed by atoms with Crippen LogP contribution in [0.4, 0.5) is 13.2 Å². The molecule has 1 aromatic heterocycles. The van der Waals surface area contributed by atoms with Crippen molar-refractivity contribution in [2.24, 2.45) is 0 Å². The van der Waals surface area contributed by atoms with Gasteiger partial charge in [0.15, 0.2) is 5.01 Å². The van der Waals surface area contributed by atoms with E-state index in [4.69, 9.17) is 0 Å². The van der Waals surface area contributed by atoms with Gasteiger partial charge in [0.05, 0.1) is 4.88 Å². The van der Waals surface area contributed by atoms with Crippen LogP contribution in [0.15, 0.2) is 24.4 Å². The third kappa shape index (κ3) is 3.37. The van der Waals surface area contributed by atoms with Crippen LogP contribution in [-0.4, -0.2) is 11.5 Å². The third-order valence-electron chi connectivity index (χ3n) is 2.84. The van der Waals surface area contributed by atoms with Gasteiger partial charge in [-0.2, -0.15) is 13.2 Å². The summed E-state index contributed by atoms with van der Waals surface area (Å²) >= 11 is 0.685. The summed E-state index contributed by atoms with van der Waals surface area (Å²) in [7, 11) is 0. The van der Waals surface area contributed by atoms with E-state index in [1.165, 1.54) is 6.20 Å². The fourth-order valence-electron chi connectivity index (χ4n) is 1.86. The molecule has 2 nitrogen and oxygen atoms in total. The quantitative estimate of drug-likeness (QED) is 0.913. The van der Waals surface area contributed by atoms with E-state index in [1.807, 2.05) is 32.0 Å². The summed E-state index contributed by atoms with van der Waals surface area (Å²) in [4.78, 5) is 4.04. The number of aromatic nitrogens is 1. The third-order valence-corrected chi connectivity index (χ3v) is 3.92. The molecule has 0 atom stereocenters. The molecule has 20 heavy (non-hydrogen) atoms. The number of nitrogens with zero attached hydrogens (tertiary/aromatic N) is 1. The number of benzene rings is 1. The molecular weight excluding hydrogens is 285 g/mol. The molecule has 108 valence electrons. The zero-order chi connectivity index (χ0) is 14.8. The number of thiazole rings is 1. The Morgan fingerprint density at radius 3 is 2.65 bits per heavy atom. The highest BCUT2D eigenvalue weighted by Crippen LogP contribution is 2.37. The highest BCUT2D eigenvalue weighted by atomic mass is 32.1. The van der Waals surface area contributed by atoms with Gasteiger partial charge in [0, 0.05) is 12.7 Å². The minimum absolute atomic E-state index is 0.550. The normalized spacial score (nSPS) is 11.8. The number of aryl methyl sites for hydroxylation is 1. The molecule has 0 unspecified atom stereocenters.